The van der Waals surface area contributed by atoms with Crippen LogP contribution in [0.5, 0.6) is 0 Å². The van der Waals surface area contributed by atoms with Gasteiger partial charge in [0.05, 0.1) is 11.3 Å². The first-order chi connectivity index (χ1) is 8.17. The number of nitrogens with two attached hydrogens (primary N) is 2. The van der Waals surface area contributed by atoms with Crippen LogP contribution >= 0.6 is 12.4 Å². The number of nitrogens with one attached hydrogen (secondary N) is 1. The van der Waals surface area contributed by atoms with Gasteiger partial charge in [0, 0.05) is 12.1 Å². The van der Waals surface area contributed by atoms with Gasteiger partial charge in [0.15, 0.2) is 0 Å². The van der Waals surface area contributed by atoms with E-state index >= 15 is 0 Å². The van der Waals surface area contributed by atoms with E-state index in [1.54, 1.807) is 13.8 Å². The number of carbonyl (C=O) groups is 2. The average Bonchev–Trinajstić information content (AvgIpc) is 2.25. The van der Waals surface area contributed by atoms with Gasteiger partial charge >= 0.3 is 0 Å². The predicted octanol–water partition coefficient (Wildman–Crippen LogP) is 0.944. The van der Waals surface area contributed by atoms with Crippen molar-refractivity contribution in [3.63, 3.8) is 0 Å². The maximum Gasteiger partial charge on any atom is 0.224 e. The largest absolute Gasteiger partial charge is 0.369 e. The molecule has 5 N–H and O–H groups in total. The van der Waals surface area contributed by atoms with Gasteiger partial charge in [-0.1, -0.05) is 12.8 Å². The second kappa shape index (κ2) is 6.57. The fraction of sp³-hybridized carbons (Fsp3) is 0.846. The van der Waals surface area contributed by atoms with Crippen molar-refractivity contribution in [2.75, 3.05) is 6.54 Å². The third-order valence-electron chi connectivity index (χ3n) is 3.94. The van der Waals surface area contributed by atoms with Crippen LogP contribution in [-0.4, -0.2) is 23.9 Å². The molecule has 0 spiro atoms. The van der Waals surface area contributed by atoms with E-state index in [1.807, 2.05) is 6.92 Å². The second-order valence-electron chi connectivity index (χ2n) is 6.27. The monoisotopic (exact) mass is 291 g/mol. The lowest BCUT2D eigenvalue weighted by molar-refractivity contribution is -0.130. The van der Waals surface area contributed by atoms with E-state index in [0.29, 0.717) is 0 Å². The van der Waals surface area contributed by atoms with E-state index in [1.165, 1.54) is 0 Å². The molecule has 0 aromatic heterocycles. The lowest BCUT2D eigenvalue weighted by Crippen LogP contribution is -2.54. The lowest BCUT2D eigenvalue weighted by atomic mass is 9.74. The molecule has 19 heavy (non-hydrogen) atoms. The Morgan fingerprint density at radius 2 is 1.95 bits per heavy atom. The summed E-state index contributed by atoms with van der Waals surface area (Å²) in [5.74, 6) is -0.647. The summed E-state index contributed by atoms with van der Waals surface area (Å²) in [6.45, 7) is 5.62. The molecule has 0 aromatic carbocycles. The van der Waals surface area contributed by atoms with Gasteiger partial charge in [-0.15, -0.1) is 12.4 Å². The zero-order valence-corrected chi connectivity index (χ0v) is 12.8. The van der Waals surface area contributed by atoms with Crippen molar-refractivity contribution < 1.29 is 9.59 Å². The van der Waals surface area contributed by atoms with Gasteiger partial charge in [-0.2, -0.15) is 0 Å². The highest BCUT2D eigenvalue weighted by molar-refractivity contribution is 5.85. The minimum absolute atomic E-state index is 0. The molecule has 1 rings (SSSR count). The Kier molecular flexibility index (Phi) is 6.29. The van der Waals surface area contributed by atoms with Crippen LogP contribution in [0.1, 0.15) is 46.5 Å². The SMILES string of the molecule is CC(C)(CNC(=O)C1CCCCC1(C)N)C(N)=O.Cl. The Hall–Kier alpha value is -0.810. The maximum atomic E-state index is 12.1. The maximum absolute atomic E-state index is 12.1. The number of hydrogen-bond acceptors (Lipinski definition) is 3. The van der Waals surface area contributed by atoms with Crippen LogP contribution in [-0.2, 0) is 9.59 Å². The number of amides is 2. The molecule has 0 aromatic rings. The summed E-state index contributed by atoms with van der Waals surface area (Å²) in [5.41, 5.74) is 10.3. The van der Waals surface area contributed by atoms with E-state index in [9.17, 15) is 9.59 Å². The van der Waals surface area contributed by atoms with Gasteiger partial charge in [0.2, 0.25) is 11.8 Å². The molecule has 1 aliphatic carbocycles. The van der Waals surface area contributed by atoms with Crippen LogP contribution in [0, 0.1) is 11.3 Å². The van der Waals surface area contributed by atoms with Crippen molar-refractivity contribution in [1.82, 2.24) is 5.32 Å². The van der Waals surface area contributed by atoms with Crippen molar-refractivity contribution in [2.45, 2.75) is 52.0 Å². The molecule has 0 saturated heterocycles. The van der Waals surface area contributed by atoms with Crippen LogP contribution in [0.3, 0.4) is 0 Å². The van der Waals surface area contributed by atoms with E-state index in [4.69, 9.17) is 11.5 Å². The fourth-order valence-corrected chi connectivity index (χ4v) is 2.31. The first-order valence-electron chi connectivity index (χ1n) is 6.53. The molecule has 0 aliphatic heterocycles. The molecular formula is C13H26ClN3O2. The number of hydrogen-bond donors (Lipinski definition) is 3. The van der Waals surface area contributed by atoms with Gasteiger partial charge in [-0.25, -0.2) is 0 Å². The van der Waals surface area contributed by atoms with E-state index in [-0.39, 0.29) is 30.8 Å². The van der Waals surface area contributed by atoms with Crippen molar-refractivity contribution >= 4 is 24.2 Å². The average molecular weight is 292 g/mol. The molecule has 2 atom stereocenters. The second-order valence-corrected chi connectivity index (χ2v) is 6.27. The number of primary amides is 1. The van der Waals surface area contributed by atoms with E-state index in [0.717, 1.165) is 25.7 Å². The topological polar surface area (TPSA) is 98.2 Å². The molecule has 0 bridgehead atoms. The molecule has 1 aliphatic rings. The normalized spacial score (nSPS) is 27.3. The minimum atomic E-state index is -0.727. The number of rotatable bonds is 4. The molecule has 2 amide bonds. The van der Waals surface area contributed by atoms with Gasteiger partial charge in [-0.05, 0) is 33.6 Å². The molecule has 6 heteroatoms. The predicted molar refractivity (Wildman–Crippen MR) is 77.8 cm³/mol. The van der Waals surface area contributed by atoms with Crippen LogP contribution in [0.4, 0.5) is 0 Å². The molecule has 0 heterocycles. The fourth-order valence-electron chi connectivity index (χ4n) is 2.31. The molecule has 0 radical (unpaired) electrons. The van der Waals surface area contributed by atoms with Gasteiger partial charge in [-0.3, -0.25) is 9.59 Å². The van der Waals surface area contributed by atoms with E-state index in [2.05, 4.69) is 5.32 Å². The molecular weight excluding hydrogens is 266 g/mol. The third-order valence-corrected chi connectivity index (χ3v) is 3.94. The smallest absolute Gasteiger partial charge is 0.224 e. The van der Waals surface area contributed by atoms with Gasteiger partial charge < -0.3 is 16.8 Å². The third kappa shape index (κ3) is 4.66. The van der Waals surface area contributed by atoms with Crippen LogP contribution in [0.15, 0.2) is 0 Å². The van der Waals surface area contributed by atoms with Crippen LogP contribution in [0.25, 0.3) is 0 Å². The zero-order valence-electron chi connectivity index (χ0n) is 12.0. The van der Waals surface area contributed by atoms with Gasteiger partial charge in [0.25, 0.3) is 0 Å². The Morgan fingerprint density at radius 3 is 2.42 bits per heavy atom. The lowest BCUT2D eigenvalue weighted by Gasteiger charge is -2.37. The summed E-state index contributed by atoms with van der Waals surface area (Å²) in [5, 5.41) is 2.81. The molecule has 5 nitrogen and oxygen atoms in total. The van der Waals surface area contributed by atoms with Crippen molar-refractivity contribution in [3.8, 4) is 0 Å². The van der Waals surface area contributed by atoms with Gasteiger partial charge in [0.1, 0.15) is 0 Å². The molecule has 2 unspecified atom stereocenters. The zero-order chi connectivity index (χ0) is 14.0. The highest BCUT2D eigenvalue weighted by atomic mass is 35.5. The summed E-state index contributed by atoms with van der Waals surface area (Å²) >= 11 is 0. The minimum Gasteiger partial charge on any atom is -0.369 e. The highest BCUT2D eigenvalue weighted by Gasteiger charge is 2.38. The van der Waals surface area contributed by atoms with Crippen molar-refractivity contribution in [2.24, 2.45) is 22.8 Å². The Labute approximate surface area is 121 Å². The van der Waals surface area contributed by atoms with Crippen molar-refractivity contribution in [3.05, 3.63) is 0 Å². The molecule has 112 valence electrons. The summed E-state index contributed by atoms with van der Waals surface area (Å²) in [6.07, 6.45) is 3.79. The summed E-state index contributed by atoms with van der Waals surface area (Å²) < 4.78 is 0. The standard InChI is InChI=1S/C13H25N3O2.ClH/c1-12(2,11(14)18)8-16-10(17)9-6-4-5-7-13(9,3)15;/h9H,4-8,15H2,1-3H3,(H2,14,18)(H,16,17);1H. The van der Waals surface area contributed by atoms with Crippen LogP contribution in [0.2, 0.25) is 0 Å². The number of carbonyl (C=O) groups excluding carboxylic acids is 2. The summed E-state index contributed by atoms with van der Waals surface area (Å²) in [6, 6.07) is 0. The molecule has 1 saturated carbocycles. The Bertz CT molecular complexity index is 343. The van der Waals surface area contributed by atoms with Crippen LogP contribution < -0.4 is 16.8 Å². The summed E-state index contributed by atoms with van der Waals surface area (Å²) in [7, 11) is 0. The summed E-state index contributed by atoms with van der Waals surface area (Å²) in [4.78, 5) is 23.3. The number of halogens is 1. The Morgan fingerprint density at radius 1 is 1.37 bits per heavy atom. The Balaban J connectivity index is 0.00000324. The quantitative estimate of drug-likeness (QED) is 0.719. The van der Waals surface area contributed by atoms with Crippen molar-refractivity contribution in [1.29, 1.82) is 0 Å². The highest BCUT2D eigenvalue weighted by Crippen LogP contribution is 2.31. The molecule has 1 fully saturated rings. The first-order valence-corrected chi connectivity index (χ1v) is 6.53. The first kappa shape index (κ1) is 18.2. The van der Waals surface area contributed by atoms with E-state index < -0.39 is 16.9 Å².